The number of quaternary nitrogens is 1. The fourth-order valence-corrected chi connectivity index (χ4v) is 5.01. The first kappa shape index (κ1) is 16.2. The molecule has 1 aromatic heterocycles. The van der Waals surface area contributed by atoms with Gasteiger partial charge < -0.3 is 15.6 Å². The number of hydrogen-bond acceptors (Lipinski definition) is 4. The Hall–Kier alpha value is -1.27. The second kappa shape index (κ2) is 6.56. The zero-order valence-corrected chi connectivity index (χ0v) is 14.8. The zero-order valence-electron chi connectivity index (χ0n) is 13.9. The molecule has 4 nitrogen and oxygen atoms in total. The highest BCUT2D eigenvalue weighted by Gasteiger charge is 2.44. The predicted octanol–water partition coefficient (Wildman–Crippen LogP) is 3.74. The highest BCUT2D eigenvalue weighted by Crippen LogP contribution is 2.51. The minimum absolute atomic E-state index is 0.0286. The van der Waals surface area contributed by atoms with Crippen LogP contribution in [0.5, 0.6) is 0 Å². The minimum atomic E-state index is -0.0286. The first-order valence-electron chi connectivity index (χ1n) is 8.97. The molecule has 128 valence electrons. The number of likely N-dealkylation sites (tertiary alicyclic amines) is 1. The van der Waals surface area contributed by atoms with Crippen LogP contribution in [0.15, 0.2) is 36.5 Å². The number of thiazole rings is 1. The minimum Gasteiger partial charge on any atom is -0.633 e. The molecule has 2 aromatic rings. The standard InChI is InChI=1S/C19H25N3OS/c20-16-7-4-9-22(23,10-8-16)13-15-11-17(15)18-12-21-19(24-18)14-5-2-1-3-6-14/h1-3,5-6,12,15-17H,4,7-11,13,20H2. The Morgan fingerprint density at radius 3 is 2.88 bits per heavy atom. The third-order valence-electron chi connectivity index (χ3n) is 5.45. The lowest BCUT2D eigenvalue weighted by molar-refractivity contribution is -0.881. The van der Waals surface area contributed by atoms with Gasteiger partial charge >= 0.3 is 0 Å². The summed E-state index contributed by atoms with van der Waals surface area (Å²) >= 11 is 1.79. The summed E-state index contributed by atoms with van der Waals surface area (Å²) in [5.74, 6) is 1.07. The maximum atomic E-state index is 13.0. The van der Waals surface area contributed by atoms with Crippen molar-refractivity contribution >= 4 is 11.3 Å². The van der Waals surface area contributed by atoms with Gasteiger partial charge in [0.15, 0.2) is 0 Å². The molecule has 0 spiro atoms. The number of aromatic nitrogens is 1. The third kappa shape index (κ3) is 3.54. The molecule has 1 aromatic carbocycles. The van der Waals surface area contributed by atoms with Crippen LogP contribution >= 0.6 is 11.3 Å². The Bertz CT molecular complexity index is 689. The summed E-state index contributed by atoms with van der Waals surface area (Å²) in [6.07, 6.45) is 6.02. The molecule has 1 aliphatic heterocycles. The van der Waals surface area contributed by atoms with Crippen LogP contribution in [0.3, 0.4) is 0 Å². The number of hydrogen-bond donors (Lipinski definition) is 1. The first-order chi connectivity index (χ1) is 11.6. The average Bonchev–Trinajstić information content (AvgIpc) is 3.20. The molecule has 5 heteroatoms. The van der Waals surface area contributed by atoms with Crippen LogP contribution in [0.1, 0.15) is 36.5 Å². The molecule has 4 atom stereocenters. The Labute approximate surface area is 147 Å². The SMILES string of the molecule is NC1CCC[N+]([O-])(CC2CC2c2cnc(-c3ccccc3)s2)CC1. The Balaban J connectivity index is 1.39. The quantitative estimate of drug-likeness (QED) is 0.679. The van der Waals surface area contributed by atoms with Gasteiger partial charge in [0, 0.05) is 40.9 Å². The van der Waals surface area contributed by atoms with Gasteiger partial charge in [-0.25, -0.2) is 4.98 Å². The molecule has 2 fully saturated rings. The number of hydroxylamine groups is 3. The van der Waals surface area contributed by atoms with Crippen LogP contribution in [0, 0.1) is 11.1 Å². The molecule has 1 saturated heterocycles. The molecule has 24 heavy (non-hydrogen) atoms. The highest BCUT2D eigenvalue weighted by atomic mass is 32.1. The number of benzene rings is 1. The van der Waals surface area contributed by atoms with Crippen molar-refractivity contribution in [2.24, 2.45) is 11.7 Å². The second-order valence-corrected chi connectivity index (χ2v) is 8.48. The Kier molecular flexibility index (Phi) is 4.43. The third-order valence-corrected chi connectivity index (χ3v) is 6.63. The van der Waals surface area contributed by atoms with Gasteiger partial charge in [-0.05, 0) is 19.3 Å². The van der Waals surface area contributed by atoms with Gasteiger partial charge in [-0.1, -0.05) is 30.3 Å². The molecule has 1 saturated carbocycles. The van der Waals surface area contributed by atoms with E-state index in [1.54, 1.807) is 11.3 Å². The number of nitrogens with two attached hydrogens (primary N) is 1. The van der Waals surface area contributed by atoms with E-state index in [-0.39, 0.29) is 10.7 Å². The van der Waals surface area contributed by atoms with Crippen molar-refractivity contribution in [3.63, 3.8) is 0 Å². The van der Waals surface area contributed by atoms with E-state index in [0.717, 1.165) is 43.8 Å². The van der Waals surface area contributed by atoms with Crippen LogP contribution < -0.4 is 5.73 Å². The summed E-state index contributed by atoms with van der Waals surface area (Å²) < 4.78 is -0.0286. The van der Waals surface area contributed by atoms with Gasteiger partial charge in [-0.3, -0.25) is 0 Å². The van der Waals surface area contributed by atoms with E-state index < -0.39 is 0 Å². The number of nitrogens with zero attached hydrogens (tertiary/aromatic N) is 2. The topological polar surface area (TPSA) is 62.0 Å². The monoisotopic (exact) mass is 343 g/mol. The lowest BCUT2D eigenvalue weighted by Crippen LogP contribution is -2.45. The molecule has 0 radical (unpaired) electrons. The van der Waals surface area contributed by atoms with Crippen molar-refractivity contribution in [1.82, 2.24) is 4.98 Å². The van der Waals surface area contributed by atoms with Crippen molar-refractivity contribution in [1.29, 1.82) is 0 Å². The predicted molar refractivity (Wildman–Crippen MR) is 98.5 cm³/mol. The highest BCUT2D eigenvalue weighted by molar-refractivity contribution is 7.15. The van der Waals surface area contributed by atoms with Gasteiger partial charge in [0.25, 0.3) is 0 Å². The van der Waals surface area contributed by atoms with Crippen molar-refractivity contribution in [3.05, 3.63) is 46.6 Å². The molecular weight excluding hydrogens is 318 g/mol. The molecular formula is C19H25N3OS. The lowest BCUT2D eigenvalue weighted by Gasteiger charge is -2.42. The summed E-state index contributed by atoms with van der Waals surface area (Å²) in [6, 6.07) is 10.6. The fraction of sp³-hybridized carbons (Fsp3) is 0.526. The summed E-state index contributed by atoms with van der Waals surface area (Å²) in [7, 11) is 0. The normalized spacial score (nSPS) is 33.2. The molecule has 4 rings (SSSR count). The van der Waals surface area contributed by atoms with E-state index in [9.17, 15) is 5.21 Å². The second-order valence-electron chi connectivity index (χ2n) is 7.41. The average molecular weight is 343 g/mol. The summed E-state index contributed by atoms with van der Waals surface area (Å²) in [5, 5.41) is 14.1. The van der Waals surface area contributed by atoms with E-state index in [1.807, 2.05) is 24.4 Å². The molecule has 4 unspecified atom stereocenters. The summed E-state index contributed by atoms with van der Waals surface area (Å²) in [4.78, 5) is 5.93. The van der Waals surface area contributed by atoms with Gasteiger partial charge in [-0.2, -0.15) is 0 Å². The van der Waals surface area contributed by atoms with Crippen molar-refractivity contribution in [2.45, 2.75) is 37.6 Å². The van der Waals surface area contributed by atoms with Crippen LogP contribution in [0.2, 0.25) is 0 Å². The van der Waals surface area contributed by atoms with Gasteiger partial charge in [0.1, 0.15) is 5.01 Å². The van der Waals surface area contributed by atoms with Crippen molar-refractivity contribution in [2.75, 3.05) is 19.6 Å². The Morgan fingerprint density at radius 2 is 2.04 bits per heavy atom. The van der Waals surface area contributed by atoms with E-state index in [1.165, 1.54) is 10.4 Å². The van der Waals surface area contributed by atoms with Crippen LogP contribution in [-0.2, 0) is 0 Å². The largest absolute Gasteiger partial charge is 0.633 e. The number of rotatable bonds is 4. The van der Waals surface area contributed by atoms with Crippen LogP contribution in [-0.4, -0.2) is 35.3 Å². The molecule has 2 heterocycles. The lowest BCUT2D eigenvalue weighted by atomic mass is 10.1. The maximum Gasteiger partial charge on any atom is 0.123 e. The fourth-order valence-electron chi connectivity index (χ4n) is 3.88. The molecule has 0 amide bonds. The summed E-state index contributed by atoms with van der Waals surface area (Å²) in [5.41, 5.74) is 7.20. The van der Waals surface area contributed by atoms with E-state index in [0.29, 0.717) is 18.4 Å². The van der Waals surface area contributed by atoms with Crippen LogP contribution in [0.25, 0.3) is 10.6 Å². The molecule has 1 aliphatic carbocycles. The molecule has 2 aliphatic rings. The van der Waals surface area contributed by atoms with Crippen molar-refractivity contribution in [3.8, 4) is 10.6 Å². The smallest absolute Gasteiger partial charge is 0.123 e. The van der Waals surface area contributed by atoms with E-state index in [2.05, 4.69) is 17.1 Å². The van der Waals surface area contributed by atoms with Crippen LogP contribution in [0.4, 0.5) is 0 Å². The van der Waals surface area contributed by atoms with Crippen molar-refractivity contribution < 1.29 is 4.65 Å². The molecule has 2 N–H and O–H groups in total. The van der Waals surface area contributed by atoms with E-state index >= 15 is 0 Å². The first-order valence-corrected chi connectivity index (χ1v) is 9.78. The maximum absolute atomic E-state index is 13.0. The summed E-state index contributed by atoms with van der Waals surface area (Å²) in [6.45, 7) is 2.20. The Morgan fingerprint density at radius 1 is 1.21 bits per heavy atom. The van der Waals surface area contributed by atoms with Gasteiger partial charge in [0.2, 0.25) is 0 Å². The zero-order chi connectivity index (χ0) is 16.6. The van der Waals surface area contributed by atoms with E-state index in [4.69, 9.17) is 5.73 Å². The van der Waals surface area contributed by atoms with Gasteiger partial charge in [0.05, 0.1) is 19.6 Å². The van der Waals surface area contributed by atoms with Gasteiger partial charge in [-0.15, -0.1) is 11.3 Å². The molecule has 0 bridgehead atoms.